The Bertz CT molecular complexity index is 483. The highest BCUT2D eigenvalue weighted by Crippen LogP contribution is 2.16. The van der Waals surface area contributed by atoms with Crippen LogP contribution in [0.1, 0.15) is 11.7 Å². The molecule has 88 valence electrons. The second-order valence-corrected chi connectivity index (χ2v) is 3.01. The number of carbonyl (C=O) groups excluding carboxylic acids is 1. The van der Waals surface area contributed by atoms with Crippen LogP contribution >= 0.6 is 0 Å². The Morgan fingerprint density at radius 3 is 2.53 bits per heavy atom. The molecule has 1 aromatic rings. The molecule has 0 spiro atoms. The number of ether oxygens (including phenoxy) is 1. The lowest BCUT2D eigenvalue weighted by molar-refractivity contribution is -0.384. The number of methoxy groups -OCH3 is 1. The van der Waals surface area contributed by atoms with Crippen LogP contribution in [0.25, 0.3) is 0 Å². The zero-order chi connectivity index (χ0) is 12.8. The molecule has 1 rings (SSSR count). The Hall–Kier alpha value is -2.39. The topological polar surface area (TPSA) is 89.7 Å². The van der Waals surface area contributed by atoms with Crippen molar-refractivity contribution in [3.05, 3.63) is 39.9 Å². The molecule has 1 N–H and O–H groups in total. The van der Waals surface area contributed by atoms with Gasteiger partial charge in [0.15, 0.2) is 0 Å². The van der Waals surface area contributed by atoms with E-state index in [1.54, 1.807) is 0 Å². The van der Waals surface area contributed by atoms with Crippen LogP contribution in [0, 0.1) is 22.0 Å². The first kappa shape index (κ1) is 12.7. The molecular weight excluding hydrogens is 226 g/mol. The summed E-state index contributed by atoms with van der Waals surface area (Å²) in [5.41, 5.74) is 0.286. The summed E-state index contributed by atoms with van der Waals surface area (Å²) in [5, 5.41) is 19.9. The van der Waals surface area contributed by atoms with Gasteiger partial charge in [-0.3, -0.25) is 10.1 Å². The van der Waals surface area contributed by atoms with Gasteiger partial charge < -0.3 is 9.84 Å². The number of nitrogens with zero attached hydrogens (tertiary/aromatic N) is 1. The van der Waals surface area contributed by atoms with Gasteiger partial charge in [0.1, 0.15) is 6.10 Å². The van der Waals surface area contributed by atoms with Crippen LogP contribution in [-0.2, 0) is 9.53 Å². The molecule has 0 aliphatic carbocycles. The molecule has 0 radical (unpaired) electrons. The number of esters is 1. The third-order valence-electron chi connectivity index (χ3n) is 1.92. The summed E-state index contributed by atoms with van der Waals surface area (Å²) in [6, 6.07) is 5.24. The van der Waals surface area contributed by atoms with E-state index in [0.29, 0.717) is 5.56 Å². The number of carbonyl (C=O) groups is 1. The Labute approximate surface area is 97.0 Å². The molecule has 1 unspecified atom stereocenters. The quantitative estimate of drug-likeness (QED) is 0.269. The third-order valence-corrected chi connectivity index (χ3v) is 1.92. The number of aliphatic hydroxyl groups excluding tert-OH is 1. The van der Waals surface area contributed by atoms with Gasteiger partial charge in [0, 0.05) is 18.1 Å². The summed E-state index contributed by atoms with van der Waals surface area (Å²) in [6.07, 6.45) is -1.19. The number of nitro benzene ring substituents is 1. The molecule has 0 aliphatic heterocycles. The third kappa shape index (κ3) is 3.59. The molecule has 0 fully saturated rings. The Morgan fingerprint density at radius 2 is 2.06 bits per heavy atom. The lowest BCUT2D eigenvalue weighted by atomic mass is 10.1. The summed E-state index contributed by atoms with van der Waals surface area (Å²) in [4.78, 5) is 20.5. The molecule has 17 heavy (non-hydrogen) atoms. The first-order valence-electron chi connectivity index (χ1n) is 4.56. The van der Waals surface area contributed by atoms with E-state index in [4.69, 9.17) is 0 Å². The van der Waals surface area contributed by atoms with Gasteiger partial charge in [-0.15, -0.1) is 0 Å². The average Bonchev–Trinajstić information content (AvgIpc) is 2.35. The van der Waals surface area contributed by atoms with Gasteiger partial charge >= 0.3 is 5.97 Å². The molecule has 0 bridgehead atoms. The van der Waals surface area contributed by atoms with E-state index in [0.717, 1.165) is 0 Å². The molecule has 0 aliphatic rings. The second kappa shape index (κ2) is 5.63. The van der Waals surface area contributed by atoms with E-state index >= 15 is 0 Å². The fourth-order valence-electron chi connectivity index (χ4n) is 1.04. The SMILES string of the molecule is COC(=O)C#CC(O)c1ccc([N+](=O)[O-])cc1. The highest BCUT2D eigenvalue weighted by Gasteiger charge is 2.08. The number of hydrogen-bond acceptors (Lipinski definition) is 5. The first-order chi connectivity index (χ1) is 8.04. The number of rotatable bonds is 2. The second-order valence-electron chi connectivity index (χ2n) is 3.01. The largest absolute Gasteiger partial charge is 0.459 e. The summed E-state index contributed by atoms with van der Waals surface area (Å²) in [7, 11) is 1.18. The lowest BCUT2D eigenvalue weighted by Crippen LogP contribution is -1.98. The van der Waals surface area contributed by atoms with Crippen molar-refractivity contribution in [1.29, 1.82) is 0 Å². The Kier molecular flexibility index (Phi) is 4.20. The van der Waals surface area contributed by atoms with Crippen molar-refractivity contribution in [3.8, 4) is 11.8 Å². The molecule has 1 atom stereocenters. The van der Waals surface area contributed by atoms with Crippen LogP contribution < -0.4 is 0 Å². The van der Waals surface area contributed by atoms with Crippen molar-refractivity contribution < 1.29 is 19.6 Å². The maximum atomic E-state index is 10.7. The first-order valence-corrected chi connectivity index (χ1v) is 4.56. The van der Waals surface area contributed by atoms with Gasteiger partial charge in [0.2, 0.25) is 0 Å². The average molecular weight is 235 g/mol. The van der Waals surface area contributed by atoms with Crippen LogP contribution in [-0.4, -0.2) is 23.1 Å². The predicted molar refractivity (Wildman–Crippen MR) is 57.8 cm³/mol. The zero-order valence-corrected chi connectivity index (χ0v) is 8.91. The number of non-ortho nitro benzene ring substituents is 1. The van der Waals surface area contributed by atoms with Crippen molar-refractivity contribution >= 4 is 11.7 Å². The van der Waals surface area contributed by atoms with Gasteiger partial charge in [-0.2, -0.15) is 0 Å². The van der Waals surface area contributed by atoms with Crippen molar-refractivity contribution in [2.75, 3.05) is 7.11 Å². The van der Waals surface area contributed by atoms with Gasteiger partial charge in [-0.05, 0) is 17.7 Å². The summed E-state index contributed by atoms with van der Waals surface area (Å²) in [6.45, 7) is 0. The molecule has 0 aromatic heterocycles. The van der Waals surface area contributed by atoms with Crippen molar-refractivity contribution in [2.45, 2.75) is 6.10 Å². The standard InChI is InChI=1S/C11H9NO5/c1-17-11(14)7-6-10(13)8-2-4-9(5-3-8)12(15)16/h2-5,10,13H,1H3. The van der Waals surface area contributed by atoms with Crippen molar-refractivity contribution in [3.63, 3.8) is 0 Å². The molecule has 0 saturated carbocycles. The Balaban J connectivity index is 2.82. The normalized spacial score (nSPS) is 10.9. The number of nitro groups is 1. The molecule has 0 amide bonds. The van der Waals surface area contributed by atoms with Crippen molar-refractivity contribution in [2.24, 2.45) is 0 Å². The summed E-state index contributed by atoms with van der Waals surface area (Å²) in [5.74, 6) is 3.57. The minimum atomic E-state index is -1.19. The molecule has 1 aromatic carbocycles. The highest BCUT2D eigenvalue weighted by atomic mass is 16.6. The predicted octanol–water partition coefficient (Wildman–Crippen LogP) is 0.805. The van der Waals surface area contributed by atoms with Crippen LogP contribution in [0.4, 0.5) is 5.69 Å². The molecule has 0 heterocycles. The molecular formula is C11H9NO5. The van der Waals surface area contributed by atoms with E-state index in [2.05, 4.69) is 16.6 Å². The van der Waals surface area contributed by atoms with E-state index in [1.807, 2.05) is 0 Å². The van der Waals surface area contributed by atoms with Crippen LogP contribution in [0.15, 0.2) is 24.3 Å². The van der Waals surface area contributed by atoms with E-state index in [1.165, 1.54) is 31.4 Å². The smallest absolute Gasteiger partial charge is 0.384 e. The van der Waals surface area contributed by atoms with E-state index in [9.17, 15) is 20.0 Å². The van der Waals surface area contributed by atoms with Crippen molar-refractivity contribution in [1.82, 2.24) is 0 Å². The van der Waals surface area contributed by atoms with Gasteiger partial charge in [0.05, 0.1) is 12.0 Å². The van der Waals surface area contributed by atoms with Gasteiger partial charge in [-0.25, -0.2) is 4.79 Å². The molecule has 6 nitrogen and oxygen atoms in total. The maximum Gasteiger partial charge on any atom is 0.384 e. The maximum absolute atomic E-state index is 10.7. The number of benzene rings is 1. The monoisotopic (exact) mass is 235 g/mol. The van der Waals surface area contributed by atoms with Crippen LogP contribution in [0.2, 0.25) is 0 Å². The zero-order valence-electron chi connectivity index (χ0n) is 8.91. The van der Waals surface area contributed by atoms with Gasteiger partial charge in [-0.1, -0.05) is 5.92 Å². The van der Waals surface area contributed by atoms with Crippen LogP contribution in [0.3, 0.4) is 0 Å². The summed E-state index contributed by atoms with van der Waals surface area (Å²) >= 11 is 0. The molecule has 6 heteroatoms. The van der Waals surface area contributed by atoms with Gasteiger partial charge in [0.25, 0.3) is 5.69 Å². The van der Waals surface area contributed by atoms with Crippen LogP contribution in [0.5, 0.6) is 0 Å². The minimum absolute atomic E-state index is 0.0816. The fraction of sp³-hybridized carbons (Fsp3) is 0.182. The van der Waals surface area contributed by atoms with E-state index < -0.39 is 17.0 Å². The minimum Gasteiger partial charge on any atom is -0.459 e. The molecule has 0 saturated heterocycles. The Morgan fingerprint density at radius 1 is 1.47 bits per heavy atom. The number of hydrogen-bond donors (Lipinski definition) is 1. The lowest BCUT2D eigenvalue weighted by Gasteiger charge is -2.02. The fourth-order valence-corrected chi connectivity index (χ4v) is 1.04. The number of aliphatic hydroxyl groups is 1. The van der Waals surface area contributed by atoms with E-state index in [-0.39, 0.29) is 5.69 Å². The summed E-state index contributed by atoms with van der Waals surface area (Å²) < 4.78 is 4.27. The highest BCUT2D eigenvalue weighted by molar-refractivity contribution is 5.88.